The molecule has 1 N–H and O–H groups in total. The topological polar surface area (TPSA) is 38.3 Å². The quantitative estimate of drug-likeness (QED) is 0.315. The Balaban J connectivity index is 3.60. The normalized spacial score (nSPS) is 6.83. The van der Waals surface area contributed by atoms with Crippen molar-refractivity contribution in [2.45, 2.75) is 13.3 Å². The minimum absolute atomic E-state index is 0.631. The maximum Gasteiger partial charge on any atom is 0.432 e. The molecule has 0 spiro atoms. The highest BCUT2D eigenvalue weighted by atomic mass is 127. The van der Waals surface area contributed by atoms with Crippen LogP contribution in [0.25, 0.3) is 0 Å². The summed E-state index contributed by atoms with van der Waals surface area (Å²) in [5.41, 5.74) is 0. The lowest BCUT2D eigenvalue weighted by molar-refractivity contribution is 0.196. The van der Waals surface area contributed by atoms with Gasteiger partial charge in [0.2, 0.25) is 0 Å². The summed E-state index contributed by atoms with van der Waals surface area (Å²) in [5.74, 6) is 5.23. The summed E-state index contributed by atoms with van der Waals surface area (Å²) in [5, 5.41) is 2.22. The zero-order chi connectivity index (χ0) is 9.23. The van der Waals surface area contributed by atoms with Crippen molar-refractivity contribution in [3.63, 3.8) is 0 Å². The lowest BCUT2D eigenvalue weighted by Crippen LogP contribution is -2.16. The van der Waals surface area contributed by atoms with E-state index in [2.05, 4.69) is 56.6 Å². The molecule has 0 aromatic carbocycles. The average Bonchev–Trinajstić information content (AvgIpc) is 2.06. The number of rotatable bonds is 0. The Hall–Kier alpha value is -0.880. The molecule has 0 saturated heterocycles. The van der Waals surface area contributed by atoms with Crippen molar-refractivity contribution >= 4 is 28.7 Å². The first-order chi connectivity index (χ1) is 5.81. The Bertz CT molecular complexity index is 228. The second kappa shape index (κ2) is 8.22. The fraction of sp³-hybridized carbons (Fsp3) is 0.375. The molecule has 0 heterocycles. The van der Waals surface area contributed by atoms with Gasteiger partial charge in [-0.1, -0.05) is 35.4 Å². The van der Waals surface area contributed by atoms with Gasteiger partial charge in [-0.3, -0.25) is 0 Å². The number of carbonyl (C=O) groups is 1. The van der Waals surface area contributed by atoms with Gasteiger partial charge in [-0.05, 0) is 5.92 Å². The van der Waals surface area contributed by atoms with Gasteiger partial charge in [0.25, 0.3) is 0 Å². The molecule has 0 fully saturated rings. The number of alkyl carbamates (subject to hydrolysis) is 1. The molecular weight excluding hydrogens is 269 g/mol. The molecule has 0 unspecified atom stereocenters. The summed E-state index contributed by atoms with van der Waals surface area (Å²) in [6.45, 7) is 1.88. The largest absolute Gasteiger partial charge is 0.432 e. The van der Waals surface area contributed by atoms with Gasteiger partial charge < -0.3 is 4.74 Å². The van der Waals surface area contributed by atoms with Gasteiger partial charge in [0.1, 0.15) is 6.11 Å². The smallest absolute Gasteiger partial charge is 0.355 e. The standard InChI is InChI=1S/C8H8INO2/c1-2-3-6-10-8(11)12-7-4-5-9/h2,5H2,1H3,(H,10,11). The third-order valence-corrected chi connectivity index (χ3v) is 1.09. The van der Waals surface area contributed by atoms with Crippen molar-refractivity contribution in [2.24, 2.45) is 0 Å². The van der Waals surface area contributed by atoms with Gasteiger partial charge in [0.05, 0.1) is 4.43 Å². The predicted molar refractivity (Wildman–Crippen MR) is 54.3 cm³/mol. The maximum absolute atomic E-state index is 10.7. The third kappa shape index (κ3) is 7.23. The fourth-order valence-corrected chi connectivity index (χ4v) is 0.475. The first-order valence-corrected chi connectivity index (χ1v) is 4.82. The molecule has 0 aromatic rings. The molecule has 0 radical (unpaired) electrons. The number of halogens is 1. The van der Waals surface area contributed by atoms with Crippen LogP contribution in [0.3, 0.4) is 0 Å². The van der Waals surface area contributed by atoms with Gasteiger partial charge in [0, 0.05) is 12.5 Å². The number of carbonyl (C=O) groups excluding carboxylic acids is 1. The zero-order valence-corrected chi connectivity index (χ0v) is 8.77. The van der Waals surface area contributed by atoms with Crippen LogP contribution < -0.4 is 5.32 Å². The van der Waals surface area contributed by atoms with Crippen LogP contribution in [-0.4, -0.2) is 10.5 Å². The number of ether oxygens (including phenoxy) is 1. The zero-order valence-electron chi connectivity index (χ0n) is 6.61. The number of nitrogens with one attached hydrogen (secondary N) is 1. The van der Waals surface area contributed by atoms with Crippen molar-refractivity contribution in [2.75, 3.05) is 4.43 Å². The Labute approximate surface area is 85.4 Å². The molecule has 3 nitrogen and oxygen atoms in total. The van der Waals surface area contributed by atoms with E-state index >= 15 is 0 Å². The van der Waals surface area contributed by atoms with E-state index in [1.54, 1.807) is 0 Å². The fourth-order valence-electron chi connectivity index (χ4n) is 0.319. The first-order valence-electron chi connectivity index (χ1n) is 3.29. The highest BCUT2D eigenvalue weighted by molar-refractivity contribution is 14.1. The highest BCUT2D eigenvalue weighted by Gasteiger charge is 1.93. The molecule has 1 amide bonds. The van der Waals surface area contributed by atoms with Crippen LogP contribution in [0, 0.1) is 24.0 Å². The van der Waals surface area contributed by atoms with Crippen LogP contribution in [-0.2, 0) is 4.74 Å². The molecule has 4 heteroatoms. The summed E-state index contributed by atoms with van der Waals surface area (Å²) in [6, 6.07) is 2.42. The SMILES string of the molecule is CCC#CNC(=O)OC#CCI. The van der Waals surface area contributed by atoms with Crippen molar-refractivity contribution < 1.29 is 9.53 Å². The van der Waals surface area contributed by atoms with Crippen LogP contribution >= 0.6 is 22.6 Å². The van der Waals surface area contributed by atoms with E-state index in [0.717, 1.165) is 0 Å². The number of alkyl halides is 1. The molecule has 0 aromatic heterocycles. The first kappa shape index (κ1) is 11.1. The number of hydrogen-bond donors (Lipinski definition) is 1. The molecule has 64 valence electrons. The van der Waals surface area contributed by atoms with Crippen molar-refractivity contribution in [3.05, 3.63) is 0 Å². The summed E-state index contributed by atoms with van der Waals surface area (Å²) in [4.78, 5) is 10.7. The van der Waals surface area contributed by atoms with Crippen LogP contribution in [0.2, 0.25) is 0 Å². The van der Waals surface area contributed by atoms with E-state index in [1.165, 1.54) is 0 Å². The number of amides is 1. The summed E-state index contributed by atoms with van der Waals surface area (Å²) in [7, 11) is 0. The Morgan fingerprint density at radius 2 is 2.33 bits per heavy atom. The molecule has 0 atom stereocenters. The van der Waals surface area contributed by atoms with Gasteiger partial charge in [-0.2, -0.15) is 0 Å². The lowest BCUT2D eigenvalue weighted by Gasteiger charge is -1.89. The molecule has 0 aliphatic heterocycles. The molecule has 0 aliphatic rings. The average molecular weight is 277 g/mol. The maximum atomic E-state index is 10.7. The Morgan fingerprint density at radius 3 is 2.92 bits per heavy atom. The number of hydrogen-bond acceptors (Lipinski definition) is 2. The molecular formula is C8H8INO2. The van der Waals surface area contributed by atoms with Gasteiger partial charge in [-0.25, -0.2) is 10.1 Å². The second-order valence-electron chi connectivity index (χ2n) is 1.58. The third-order valence-electron chi connectivity index (χ3n) is 0.712. The lowest BCUT2D eigenvalue weighted by atomic mass is 10.5. The Morgan fingerprint density at radius 1 is 1.58 bits per heavy atom. The molecule has 12 heavy (non-hydrogen) atoms. The van der Waals surface area contributed by atoms with E-state index in [1.807, 2.05) is 6.92 Å². The monoisotopic (exact) mass is 277 g/mol. The van der Waals surface area contributed by atoms with E-state index in [9.17, 15) is 4.79 Å². The van der Waals surface area contributed by atoms with E-state index in [0.29, 0.717) is 10.8 Å². The Kier molecular flexibility index (Phi) is 7.62. The van der Waals surface area contributed by atoms with Gasteiger partial charge in [0.15, 0.2) is 0 Å². The van der Waals surface area contributed by atoms with Crippen molar-refractivity contribution in [1.82, 2.24) is 5.32 Å². The summed E-state index contributed by atoms with van der Waals surface area (Å²) in [6.07, 6.45) is 2.29. The summed E-state index contributed by atoms with van der Waals surface area (Å²) >= 11 is 2.06. The van der Waals surface area contributed by atoms with E-state index in [4.69, 9.17) is 0 Å². The molecule has 0 aliphatic carbocycles. The molecule has 0 saturated carbocycles. The molecule has 0 rings (SSSR count). The molecule has 0 bridgehead atoms. The van der Waals surface area contributed by atoms with Crippen LogP contribution in [0.15, 0.2) is 0 Å². The van der Waals surface area contributed by atoms with Crippen molar-refractivity contribution in [1.29, 1.82) is 0 Å². The minimum atomic E-state index is -0.631. The minimum Gasteiger partial charge on any atom is -0.355 e. The highest BCUT2D eigenvalue weighted by Crippen LogP contribution is 1.77. The van der Waals surface area contributed by atoms with Gasteiger partial charge in [-0.15, -0.1) is 0 Å². The van der Waals surface area contributed by atoms with Crippen LogP contribution in [0.4, 0.5) is 4.79 Å². The summed E-state index contributed by atoms with van der Waals surface area (Å²) < 4.78 is 5.04. The van der Waals surface area contributed by atoms with E-state index < -0.39 is 6.09 Å². The van der Waals surface area contributed by atoms with Crippen molar-refractivity contribution in [3.8, 4) is 24.0 Å². The van der Waals surface area contributed by atoms with E-state index in [-0.39, 0.29) is 0 Å². The van der Waals surface area contributed by atoms with Gasteiger partial charge >= 0.3 is 6.09 Å². The van der Waals surface area contributed by atoms with Crippen LogP contribution in [0.1, 0.15) is 13.3 Å². The predicted octanol–water partition coefficient (Wildman–Crippen LogP) is 1.48. The second-order valence-corrected chi connectivity index (χ2v) is 2.35. The van der Waals surface area contributed by atoms with Crippen LogP contribution in [0.5, 0.6) is 0 Å².